The Labute approximate surface area is 121 Å². The van der Waals surface area contributed by atoms with Crippen molar-refractivity contribution in [1.82, 2.24) is 0 Å². The van der Waals surface area contributed by atoms with Gasteiger partial charge in [0.25, 0.3) is 0 Å². The lowest BCUT2D eigenvalue weighted by Crippen LogP contribution is -2.05. The molecular formula is C16H24O4. The molecule has 0 aliphatic heterocycles. The molecule has 4 nitrogen and oxygen atoms in total. The van der Waals surface area contributed by atoms with Crippen molar-refractivity contribution in [3.63, 3.8) is 0 Å². The molecular weight excluding hydrogens is 256 g/mol. The lowest BCUT2D eigenvalue weighted by molar-refractivity contribution is -0.143. The van der Waals surface area contributed by atoms with Crippen molar-refractivity contribution in [2.45, 2.75) is 39.5 Å². The molecule has 20 heavy (non-hydrogen) atoms. The van der Waals surface area contributed by atoms with Crippen LogP contribution in [-0.4, -0.2) is 26.3 Å². The zero-order chi connectivity index (χ0) is 14.8. The molecule has 1 aromatic rings. The summed E-state index contributed by atoms with van der Waals surface area (Å²) >= 11 is 0. The number of methoxy groups -OCH3 is 1. The van der Waals surface area contributed by atoms with E-state index in [-0.39, 0.29) is 5.97 Å². The van der Waals surface area contributed by atoms with Gasteiger partial charge in [-0.1, -0.05) is 19.4 Å². The highest BCUT2D eigenvalue weighted by molar-refractivity contribution is 5.69. The molecule has 0 N–H and O–H groups in total. The van der Waals surface area contributed by atoms with E-state index in [2.05, 4.69) is 6.92 Å². The van der Waals surface area contributed by atoms with Crippen LogP contribution in [0.2, 0.25) is 0 Å². The van der Waals surface area contributed by atoms with Gasteiger partial charge in [-0.15, -0.1) is 0 Å². The maximum Gasteiger partial charge on any atom is 0.306 e. The van der Waals surface area contributed by atoms with Crippen LogP contribution in [0.4, 0.5) is 0 Å². The second-order valence-electron chi connectivity index (χ2n) is 4.49. The number of carbonyl (C=O) groups excluding carboxylic acids is 1. The summed E-state index contributed by atoms with van der Waals surface area (Å²) in [6.07, 6.45) is 3.14. The predicted molar refractivity (Wildman–Crippen MR) is 78.4 cm³/mol. The van der Waals surface area contributed by atoms with Crippen molar-refractivity contribution < 1.29 is 19.0 Å². The third-order valence-corrected chi connectivity index (χ3v) is 2.91. The van der Waals surface area contributed by atoms with E-state index in [4.69, 9.17) is 14.2 Å². The van der Waals surface area contributed by atoms with Crippen LogP contribution in [-0.2, 0) is 16.0 Å². The van der Waals surface area contributed by atoms with Gasteiger partial charge >= 0.3 is 5.97 Å². The van der Waals surface area contributed by atoms with E-state index >= 15 is 0 Å². The highest BCUT2D eigenvalue weighted by atomic mass is 16.5. The van der Waals surface area contributed by atoms with Gasteiger partial charge in [0.1, 0.15) is 0 Å². The predicted octanol–water partition coefficient (Wildman–Crippen LogP) is 3.37. The van der Waals surface area contributed by atoms with Gasteiger partial charge in [-0.05, 0) is 37.5 Å². The number of hydrogen-bond acceptors (Lipinski definition) is 4. The standard InChI is InChI=1S/C16H24O4/c1-4-6-11-20-14-9-7-13(12-15(14)18-3)8-10-16(17)19-5-2/h7,9,12H,4-6,8,10-11H2,1-3H3. The van der Waals surface area contributed by atoms with E-state index in [9.17, 15) is 4.79 Å². The number of ether oxygens (including phenoxy) is 3. The summed E-state index contributed by atoms with van der Waals surface area (Å²) in [6, 6.07) is 5.78. The molecule has 1 rings (SSSR count). The monoisotopic (exact) mass is 280 g/mol. The topological polar surface area (TPSA) is 44.8 Å². The number of aryl methyl sites for hydroxylation is 1. The first-order valence-electron chi connectivity index (χ1n) is 7.16. The van der Waals surface area contributed by atoms with Crippen LogP contribution < -0.4 is 9.47 Å². The van der Waals surface area contributed by atoms with Crippen molar-refractivity contribution in [2.75, 3.05) is 20.3 Å². The summed E-state index contributed by atoms with van der Waals surface area (Å²) in [5.74, 6) is 1.29. The van der Waals surface area contributed by atoms with Gasteiger partial charge < -0.3 is 14.2 Å². The number of benzene rings is 1. The molecule has 0 saturated carbocycles. The second kappa shape index (κ2) is 9.23. The largest absolute Gasteiger partial charge is 0.493 e. The normalized spacial score (nSPS) is 10.2. The maximum absolute atomic E-state index is 11.3. The molecule has 0 fully saturated rings. The molecule has 0 bridgehead atoms. The van der Waals surface area contributed by atoms with Gasteiger partial charge in [0, 0.05) is 6.42 Å². The van der Waals surface area contributed by atoms with Crippen LogP contribution in [0.1, 0.15) is 38.7 Å². The Morgan fingerprint density at radius 1 is 1.20 bits per heavy atom. The molecule has 0 heterocycles. The van der Waals surface area contributed by atoms with Crippen molar-refractivity contribution in [1.29, 1.82) is 0 Å². The summed E-state index contributed by atoms with van der Waals surface area (Å²) in [6.45, 7) is 5.05. The fourth-order valence-electron chi connectivity index (χ4n) is 1.79. The fraction of sp³-hybridized carbons (Fsp3) is 0.562. The molecule has 0 saturated heterocycles. The first-order chi connectivity index (χ1) is 9.71. The average Bonchev–Trinajstić information content (AvgIpc) is 2.46. The smallest absolute Gasteiger partial charge is 0.306 e. The van der Waals surface area contributed by atoms with Crippen LogP contribution >= 0.6 is 0 Å². The third-order valence-electron chi connectivity index (χ3n) is 2.91. The Morgan fingerprint density at radius 3 is 2.65 bits per heavy atom. The molecule has 0 aliphatic rings. The lowest BCUT2D eigenvalue weighted by Gasteiger charge is -2.12. The average molecular weight is 280 g/mol. The Bertz CT molecular complexity index is 415. The van der Waals surface area contributed by atoms with Gasteiger partial charge in [0.2, 0.25) is 0 Å². The summed E-state index contributed by atoms with van der Waals surface area (Å²) in [4.78, 5) is 11.3. The quantitative estimate of drug-likeness (QED) is 0.514. The highest BCUT2D eigenvalue weighted by Crippen LogP contribution is 2.28. The number of rotatable bonds is 9. The van der Waals surface area contributed by atoms with Crippen LogP contribution in [0.3, 0.4) is 0 Å². The summed E-state index contributed by atoms with van der Waals surface area (Å²) in [7, 11) is 1.62. The minimum atomic E-state index is -0.172. The Hall–Kier alpha value is -1.71. The SMILES string of the molecule is CCCCOc1ccc(CCC(=O)OCC)cc1OC. The summed E-state index contributed by atoms with van der Waals surface area (Å²) in [5, 5.41) is 0. The Morgan fingerprint density at radius 2 is 2.00 bits per heavy atom. The highest BCUT2D eigenvalue weighted by Gasteiger charge is 2.08. The lowest BCUT2D eigenvalue weighted by atomic mass is 10.1. The first kappa shape index (κ1) is 16.3. The van der Waals surface area contributed by atoms with Gasteiger partial charge in [-0.2, -0.15) is 0 Å². The molecule has 4 heteroatoms. The molecule has 0 spiro atoms. The second-order valence-corrected chi connectivity index (χ2v) is 4.49. The molecule has 0 amide bonds. The summed E-state index contributed by atoms with van der Waals surface area (Å²) < 4.78 is 15.9. The molecule has 0 radical (unpaired) electrons. The van der Waals surface area contributed by atoms with Gasteiger partial charge in [-0.25, -0.2) is 0 Å². The van der Waals surface area contributed by atoms with E-state index in [0.717, 1.165) is 24.2 Å². The molecule has 0 atom stereocenters. The fourth-order valence-corrected chi connectivity index (χ4v) is 1.79. The van der Waals surface area contributed by atoms with Gasteiger partial charge in [0.15, 0.2) is 11.5 Å². The Balaban J connectivity index is 2.59. The maximum atomic E-state index is 11.3. The van der Waals surface area contributed by atoms with Crippen LogP contribution in [0.15, 0.2) is 18.2 Å². The van der Waals surface area contributed by atoms with E-state index in [1.165, 1.54) is 0 Å². The Kier molecular flexibility index (Phi) is 7.55. The van der Waals surface area contributed by atoms with E-state index in [1.807, 2.05) is 25.1 Å². The zero-order valence-corrected chi connectivity index (χ0v) is 12.6. The van der Waals surface area contributed by atoms with Crippen molar-refractivity contribution in [3.05, 3.63) is 23.8 Å². The van der Waals surface area contributed by atoms with E-state index in [1.54, 1.807) is 7.11 Å². The number of unbranched alkanes of at least 4 members (excludes halogenated alkanes) is 1. The molecule has 1 aromatic carbocycles. The first-order valence-corrected chi connectivity index (χ1v) is 7.16. The molecule has 0 aromatic heterocycles. The summed E-state index contributed by atoms with van der Waals surface area (Å²) in [5.41, 5.74) is 1.04. The minimum absolute atomic E-state index is 0.172. The van der Waals surface area contributed by atoms with Gasteiger partial charge in [-0.3, -0.25) is 4.79 Å². The van der Waals surface area contributed by atoms with Crippen molar-refractivity contribution in [3.8, 4) is 11.5 Å². The molecule has 112 valence electrons. The van der Waals surface area contributed by atoms with Crippen LogP contribution in [0.25, 0.3) is 0 Å². The van der Waals surface area contributed by atoms with Crippen LogP contribution in [0.5, 0.6) is 11.5 Å². The van der Waals surface area contributed by atoms with Gasteiger partial charge in [0.05, 0.1) is 20.3 Å². The van der Waals surface area contributed by atoms with Crippen molar-refractivity contribution in [2.24, 2.45) is 0 Å². The number of hydrogen-bond donors (Lipinski definition) is 0. The molecule has 0 aliphatic carbocycles. The van der Waals surface area contributed by atoms with E-state index < -0.39 is 0 Å². The number of esters is 1. The van der Waals surface area contributed by atoms with Crippen molar-refractivity contribution >= 4 is 5.97 Å². The minimum Gasteiger partial charge on any atom is -0.493 e. The third kappa shape index (κ3) is 5.51. The zero-order valence-electron chi connectivity index (χ0n) is 12.6. The van der Waals surface area contributed by atoms with Crippen LogP contribution in [0, 0.1) is 0 Å². The van der Waals surface area contributed by atoms with E-state index in [0.29, 0.717) is 31.8 Å². The number of carbonyl (C=O) groups is 1. The molecule has 0 unspecified atom stereocenters.